The highest BCUT2D eigenvalue weighted by Crippen LogP contribution is 2.34. The number of piperidine rings is 1. The second-order valence-corrected chi connectivity index (χ2v) is 5.53. The van der Waals surface area contributed by atoms with Crippen LogP contribution in [-0.2, 0) is 15.8 Å². The van der Waals surface area contributed by atoms with E-state index in [1.165, 1.54) is 4.90 Å². The quantitative estimate of drug-likeness (QED) is 0.834. The van der Waals surface area contributed by atoms with Gasteiger partial charge in [0.15, 0.2) is 0 Å². The summed E-state index contributed by atoms with van der Waals surface area (Å²) in [6.07, 6.45) is -4.19. The first kappa shape index (κ1) is 16.5. The summed E-state index contributed by atoms with van der Waals surface area (Å²) in [6.45, 7) is 0.797. The first-order valence-electron chi connectivity index (χ1n) is 6.38. The Kier molecular flexibility index (Phi) is 4.84. The van der Waals surface area contributed by atoms with E-state index in [4.69, 9.17) is 9.84 Å². The molecule has 0 saturated carbocycles. The number of carbonyl (C=O) groups excluding carboxylic acids is 1. The van der Waals surface area contributed by atoms with Crippen LogP contribution in [0.3, 0.4) is 0 Å². The summed E-state index contributed by atoms with van der Waals surface area (Å²) in [5.41, 5.74) is 0. The summed E-state index contributed by atoms with van der Waals surface area (Å²) in [7, 11) is 0. The molecule has 0 bridgehead atoms. The molecule has 2 rings (SSSR count). The molecule has 1 aliphatic rings. The minimum absolute atomic E-state index is 0.0461. The summed E-state index contributed by atoms with van der Waals surface area (Å²) in [5, 5.41) is 13.2. The van der Waals surface area contributed by atoms with Gasteiger partial charge in [0.25, 0.3) is 17.2 Å². The third-order valence-corrected chi connectivity index (χ3v) is 3.84. The van der Waals surface area contributed by atoms with Crippen LogP contribution < -0.4 is 4.74 Å². The van der Waals surface area contributed by atoms with Crippen molar-refractivity contribution in [1.29, 1.82) is 0 Å². The van der Waals surface area contributed by atoms with Crippen LogP contribution >= 0.6 is 11.3 Å². The lowest BCUT2D eigenvalue weighted by Gasteiger charge is -2.28. The maximum absolute atomic E-state index is 12.4. The lowest BCUT2D eigenvalue weighted by Crippen LogP contribution is -2.48. The van der Waals surface area contributed by atoms with Gasteiger partial charge < -0.3 is 14.7 Å². The SMILES string of the molecule is O=C(O)C(Oc1nnc(C(F)(F)F)s1)C(=O)N1CCCCC1. The Morgan fingerprint density at radius 3 is 2.36 bits per heavy atom. The summed E-state index contributed by atoms with van der Waals surface area (Å²) in [4.78, 5) is 24.6. The van der Waals surface area contributed by atoms with Gasteiger partial charge in [0.1, 0.15) is 0 Å². The Morgan fingerprint density at radius 1 is 1.23 bits per heavy atom. The number of amides is 1. The van der Waals surface area contributed by atoms with Gasteiger partial charge >= 0.3 is 12.1 Å². The standard InChI is InChI=1S/C11H12F3N3O4S/c12-11(13,14)9-15-16-10(22-9)21-6(8(19)20)7(18)17-4-2-1-3-5-17/h6H,1-5H2,(H,19,20). The Labute approximate surface area is 126 Å². The average molecular weight is 339 g/mol. The highest BCUT2D eigenvalue weighted by molar-refractivity contribution is 7.13. The molecule has 22 heavy (non-hydrogen) atoms. The number of rotatable bonds is 4. The molecule has 2 heterocycles. The summed E-state index contributed by atoms with van der Waals surface area (Å²) >= 11 is 0.0461. The Bertz CT molecular complexity index is 557. The number of carboxylic acid groups (broad SMARTS) is 1. The van der Waals surface area contributed by atoms with Crippen LogP contribution in [0.5, 0.6) is 5.19 Å². The van der Waals surface area contributed by atoms with E-state index >= 15 is 0 Å². The van der Waals surface area contributed by atoms with Crippen molar-refractivity contribution in [3.8, 4) is 5.19 Å². The van der Waals surface area contributed by atoms with Gasteiger partial charge in [0.05, 0.1) is 0 Å². The summed E-state index contributed by atoms with van der Waals surface area (Å²) in [6, 6.07) is 0. The fourth-order valence-electron chi connectivity index (χ4n) is 1.96. The molecule has 1 aromatic rings. The van der Waals surface area contributed by atoms with Crippen LogP contribution in [0, 0.1) is 0 Å². The normalized spacial score (nSPS) is 17.1. The van der Waals surface area contributed by atoms with E-state index in [-0.39, 0.29) is 11.3 Å². The van der Waals surface area contributed by atoms with Crippen molar-refractivity contribution in [2.75, 3.05) is 13.1 Å². The van der Waals surface area contributed by atoms with Crippen LogP contribution in [0.2, 0.25) is 0 Å². The number of carbonyl (C=O) groups is 2. The number of hydrogen-bond acceptors (Lipinski definition) is 6. The lowest BCUT2D eigenvalue weighted by atomic mass is 10.1. The van der Waals surface area contributed by atoms with Crippen LogP contribution in [0.25, 0.3) is 0 Å². The van der Waals surface area contributed by atoms with Crippen LogP contribution in [-0.4, -0.2) is 51.3 Å². The smallest absolute Gasteiger partial charge is 0.445 e. The van der Waals surface area contributed by atoms with Gasteiger partial charge in [-0.2, -0.15) is 13.2 Å². The summed E-state index contributed by atoms with van der Waals surface area (Å²) in [5.74, 6) is -2.38. The van der Waals surface area contributed by atoms with Crippen molar-refractivity contribution in [2.45, 2.75) is 31.5 Å². The van der Waals surface area contributed by atoms with E-state index in [0.29, 0.717) is 13.1 Å². The minimum atomic E-state index is -4.70. The van der Waals surface area contributed by atoms with Crippen molar-refractivity contribution in [3.05, 3.63) is 5.01 Å². The predicted octanol–water partition coefficient (Wildman–Crippen LogP) is 1.40. The number of carboxylic acids is 1. The Hall–Kier alpha value is -1.91. The lowest BCUT2D eigenvalue weighted by molar-refractivity contribution is -0.156. The Morgan fingerprint density at radius 2 is 1.86 bits per heavy atom. The number of halogens is 3. The molecule has 1 aromatic heterocycles. The molecule has 1 unspecified atom stereocenters. The number of aromatic nitrogens is 2. The van der Waals surface area contributed by atoms with E-state index in [0.717, 1.165) is 19.3 Å². The fraction of sp³-hybridized carbons (Fsp3) is 0.636. The van der Waals surface area contributed by atoms with Crippen molar-refractivity contribution in [3.63, 3.8) is 0 Å². The molecule has 0 spiro atoms. The van der Waals surface area contributed by atoms with E-state index in [1.54, 1.807) is 0 Å². The van der Waals surface area contributed by atoms with E-state index in [9.17, 15) is 22.8 Å². The molecule has 1 atom stereocenters. The number of ether oxygens (including phenoxy) is 1. The van der Waals surface area contributed by atoms with Gasteiger partial charge in [-0.25, -0.2) is 4.79 Å². The molecule has 1 amide bonds. The predicted molar refractivity (Wildman–Crippen MR) is 67.4 cm³/mol. The van der Waals surface area contributed by atoms with E-state index in [2.05, 4.69) is 10.2 Å². The number of nitrogens with zero attached hydrogens (tertiary/aromatic N) is 3. The zero-order valence-corrected chi connectivity index (χ0v) is 12.0. The highest BCUT2D eigenvalue weighted by atomic mass is 32.1. The van der Waals surface area contributed by atoms with Gasteiger partial charge in [-0.05, 0) is 19.3 Å². The van der Waals surface area contributed by atoms with Gasteiger partial charge in [0, 0.05) is 13.1 Å². The molecule has 1 aliphatic heterocycles. The second-order valence-electron chi connectivity index (χ2n) is 4.59. The number of alkyl halides is 3. The van der Waals surface area contributed by atoms with E-state index < -0.39 is 34.4 Å². The molecule has 0 radical (unpaired) electrons. The van der Waals surface area contributed by atoms with E-state index in [1.807, 2.05) is 0 Å². The highest BCUT2D eigenvalue weighted by Gasteiger charge is 2.38. The minimum Gasteiger partial charge on any atom is -0.478 e. The van der Waals surface area contributed by atoms with Crippen molar-refractivity contribution in [2.24, 2.45) is 0 Å². The molecule has 7 nitrogen and oxygen atoms in total. The number of aliphatic carboxylic acids is 1. The number of hydrogen-bond donors (Lipinski definition) is 1. The number of likely N-dealkylation sites (tertiary alicyclic amines) is 1. The zero-order chi connectivity index (χ0) is 16.3. The second kappa shape index (κ2) is 6.46. The van der Waals surface area contributed by atoms with Crippen molar-refractivity contribution in [1.82, 2.24) is 15.1 Å². The molecule has 0 aliphatic carbocycles. The molecular weight excluding hydrogens is 327 g/mol. The first-order valence-corrected chi connectivity index (χ1v) is 7.19. The molecule has 1 N–H and O–H groups in total. The molecular formula is C11H12F3N3O4S. The largest absolute Gasteiger partial charge is 0.478 e. The first-order chi connectivity index (χ1) is 10.3. The molecule has 11 heteroatoms. The third-order valence-electron chi connectivity index (χ3n) is 2.98. The average Bonchev–Trinajstić information content (AvgIpc) is 2.93. The van der Waals surface area contributed by atoms with Gasteiger partial charge in [0.2, 0.25) is 5.01 Å². The monoisotopic (exact) mass is 339 g/mol. The van der Waals surface area contributed by atoms with Crippen molar-refractivity contribution >= 4 is 23.2 Å². The zero-order valence-electron chi connectivity index (χ0n) is 11.2. The van der Waals surface area contributed by atoms with Gasteiger partial charge in [-0.3, -0.25) is 4.79 Å². The fourth-order valence-corrected chi connectivity index (χ4v) is 2.55. The maximum atomic E-state index is 12.4. The molecule has 122 valence electrons. The Balaban J connectivity index is 2.10. The summed E-state index contributed by atoms with van der Waals surface area (Å²) < 4.78 is 42.0. The van der Waals surface area contributed by atoms with Crippen LogP contribution in [0.1, 0.15) is 24.3 Å². The maximum Gasteiger partial charge on any atom is 0.445 e. The van der Waals surface area contributed by atoms with Crippen molar-refractivity contribution < 1.29 is 32.6 Å². The van der Waals surface area contributed by atoms with Gasteiger partial charge in [-0.15, -0.1) is 5.10 Å². The van der Waals surface area contributed by atoms with Crippen LogP contribution in [0.15, 0.2) is 0 Å². The topological polar surface area (TPSA) is 92.6 Å². The van der Waals surface area contributed by atoms with Crippen LogP contribution in [0.4, 0.5) is 13.2 Å². The third kappa shape index (κ3) is 3.84. The molecule has 1 fully saturated rings. The van der Waals surface area contributed by atoms with Gasteiger partial charge in [-0.1, -0.05) is 16.4 Å². The molecule has 0 aromatic carbocycles. The molecule has 1 saturated heterocycles.